The van der Waals surface area contributed by atoms with Crippen molar-refractivity contribution in [1.29, 1.82) is 0 Å². The maximum atomic E-state index is 5.91. The van der Waals surface area contributed by atoms with E-state index >= 15 is 0 Å². The van der Waals surface area contributed by atoms with Crippen LogP contribution in [0.2, 0.25) is 0 Å². The van der Waals surface area contributed by atoms with E-state index in [0.29, 0.717) is 12.6 Å². The third kappa shape index (κ3) is 4.89. The number of anilines is 2. The van der Waals surface area contributed by atoms with E-state index in [1.807, 2.05) is 65.4 Å². The zero-order valence-corrected chi connectivity index (χ0v) is 19.9. The fraction of sp³-hybridized carbons (Fsp3) is 0.214. The van der Waals surface area contributed by atoms with Crippen molar-refractivity contribution in [3.63, 3.8) is 0 Å². The molecule has 0 unspecified atom stereocenters. The van der Waals surface area contributed by atoms with Gasteiger partial charge >= 0.3 is 0 Å². The second-order valence-corrected chi connectivity index (χ2v) is 8.87. The van der Waals surface area contributed by atoms with Crippen LogP contribution in [0, 0.1) is 0 Å². The van der Waals surface area contributed by atoms with Crippen molar-refractivity contribution < 1.29 is 4.74 Å². The first-order valence-electron chi connectivity index (χ1n) is 12.3. The number of nitrogens with one attached hydrogen (secondary N) is 1. The number of rotatable bonds is 8. The fourth-order valence-corrected chi connectivity index (χ4v) is 4.55. The first kappa shape index (κ1) is 22.2. The molecule has 4 heterocycles. The molecule has 0 radical (unpaired) electrons. The van der Waals surface area contributed by atoms with Crippen LogP contribution in [-0.2, 0) is 0 Å². The molecule has 180 valence electrons. The minimum Gasteiger partial charge on any atom is -0.492 e. The Morgan fingerprint density at radius 3 is 2.44 bits per heavy atom. The Hall–Kier alpha value is -4.30. The Morgan fingerprint density at radius 2 is 1.61 bits per heavy atom. The van der Waals surface area contributed by atoms with E-state index in [2.05, 4.69) is 43.4 Å². The van der Waals surface area contributed by atoms with Crippen LogP contribution < -0.4 is 10.1 Å². The summed E-state index contributed by atoms with van der Waals surface area (Å²) in [4.78, 5) is 15.4. The van der Waals surface area contributed by atoms with Gasteiger partial charge in [0.1, 0.15) is 18.7 Å². The SMILES string of the molecule is c1cc(-c2cncnc2)cc(-c2cccc3nc(Nc4ccc(OCCN5CCCC5)cc4)nn23)c1. The lowest BCUT2D eigenvalue weighted by Gasteiger charge is -2.15. The van der Waals surface area contributed by atoms with Gasteiger partial charge in [-0.05, 0) is 74.0 Å². The molecule has 2 aromatic carbocycles. The highest BCUT2D eigenvalue weighted by Crippen LogP contribution is 2.27. The summed E-state index contributed by atoms with van der Waals surface area (Å²) in [6, 6.07) is 22.2. The van der Waals surface area contributed by atoms with Gasteiger partial charge in [-0.1, -0.05) is 24.3 Å². The predicted octanol–water partition coefficient (Wildman–Crippen LogP) is 5.07. The lowest BCUT2D eigenvalue weighted by molar-refractivity contribution is 0.238. The van der Waals surface area contributed by atoms with Gasteiger partial charge < -0.3 is 10.1 Å². The number of benzene rings is 2. The molecule has 0 saturated carbocycles. The Labute approximate surface area is 209 Å². The Kier molecular flexibility index (Phi) is 6.24. The molecule has 3 aromatic heterocycles. The highest BCUT2D eigenvalue weighted by molar-refractivity contribution is 5.72. The first-order chi connectivity index (χ1) is 17.8. The van der Waals surface area contributed by atoms with Crippen molar-refractivity contribution in [2.45, 2.75) is 12.8 Å². The van der Waals surface area contributed by atoms with Crippen LogP contribution in [0.1, 0.15) is 12.8 Å². The second-order valence-electron chi connectivity index (χ2n) is 8.87. The number of hydrogen-bond donors (Lipinski definition) is 1. The largest absolute Gasteiger partial charge is 0.492 e. The summed E-state index contributed by atoms with van der Waals surface area (Å²) in [6.07, 6.45) is 7.76. The van der Waals surface area contributed by atoms with E-state index in [9.17, 15) is 0 Å². The summed E-state index contributed by atoms with van der Waals surface area (Å²) in [6.45, 7) is 4.07. The molecule has 5 aromatic rings. The number of nitrogens with zero attached hydrogens (tertiary/aromatic N) is 6. The second kappa shape index (κ2) is 10.1. The van der Waals surface area contributed by atoms with Crippen molar-refractivity contribution >= 4 is 17.3 Å². The Bertz CT molecular complexity index is 1440. The number of fused-ring (bicyclic) bond motifs is 1. The third-order valence-corrected chi connectivity index (χ3v) is 6.40. The summed E-state index contributed by atoms with van der Waals surface area (Å²) in [5, 5.41) is 8.05. The standard InChI is InChI=1S/C28H27N7O/c1-2-14-34(13-1)15-16-36-25-11-9-24(10-12-25)31-28-32-27-8-4-7-26(35(27)33-28)22-6-3-5-21(17-22)23-18-29-20-30-19-23/h3-12,17-20H,1-2,13-16H2,(H,31,33). The summed E-state index contributed by atoms with van der Waals surface area (Å²) < 4.78 is 7.77. The lowest BCUT2D eigenvalue weighted by atomic mass is 10.0. The van der Waals surface area contributed by atoms with Crippen molar-refractivity contribution in [3.05, 3.63) is 85.5 Å². The number of aromatic nitrogens is 5. The molecule has 0 aliphatic carbocycles. The smallest absolute Gasteiger partial charge is 0.247 e. The molecular weight excluding hydrogens is 450 g/mol. The van der Waals surface area contributed by atoms with Gasteiger partial charge in [0, 0.05) is 35.8 Å². The highest BCUT2D eigenvalue weighted by atomic mass is 16.5. The van der Waals surface area contributed by atoms with Crippen LogP contribution in [-0.4, -0.2) is 55.7 Å². The Balaban J connectivity index is 1.18. The number of hydrogen-bond acceptors (Lipinski definition) is 7. The van der Waals surface area contributed by atoms with E-state index in [0.717, 1.165) is 46.0 Å². The zero-order valence-electron chi connectivity index (χ0n) is 19.9. The van der Waals surface area contributed by atoms with Gasteiger partial charge in [-0.25, -0.2) is 14.5 Å². The minimum absolute atomic E-state index is 0.540. The van der Waals surface area contributed by atoms with Crippen LogP contribution in [0.15, 0.2) is 85.5 Å². The molecule has 0 atom stereocenters. The van der Waals surface area contributed by atoms with Gasteiger partial charge in [0.05, 0.1) is 5.69 Å². The fourth-order valence-electron chi connectivity index (χ4n) is 4.55. The monoisotopic (exact) mass is 477 g/mol. The van der Waals surface area contributed by atoms with E-state index < -0.39 is 0 Å². The average Bonchev–Trinajstić information content (AvgIpc) is 3.60. The van der Waals surface area contributed by atoms with Gasteiger partial charge in [0.25, 0.3) is 0 Å². The van der Waals surface area contributed by atoms with Gasteiger partial charge in [0.15, 0.2) is 5.65 Å². The van der Waals surface area contributed by atoms with Crippen molar-refractivity contribution in [2.75, 3.05) is 31.6 Å². The molecule has 0 spiro atoms. The Morgan fingerprint density at radius 1 is 0.833 bits per heavy atom. The summed E-state index contributed by atoms with van der Waals surface area (Å²) in [5.74, 6) is 1.41. The minimum atomic E-state index is 0.540. The molecule has 8 nitrogen and oxygen atoms in total. The first-order valence-corrected chi connectivity index (χ1v) is 12.3. The summed E-state index contributed by atoms with van der Waals surface area (Å²) in [7, 11) is 0. The van der Waals surface area contributed by atoms with Gasteiger partial charge in [-0.3, -0.25) is 4.90 Å². The van der Waals surface area contributed by atoms with Crippen LogP contribution in [0.5, 0.6) is 5.75 Å². The zero-order chi connectivity index (χ0) is 24.2. The molecule has 6 rings (SSSR count). The maximum absolute atomic E-state index is 5.91. The van der Waals surface area contributed by atoms with E-state index in [1.165, 1.54) is 32.3 Å². The molecule has 1 aliphatic rings. The molecule has 1 saturated heterocycles. The molecule has 1 fully saturated rings. The number of pyridine rings is 1. The third-order valence-electron chi connectivity index (χ3n) is 6.40. The van der Waals surface area contributed by atoms with Crippen LogP contribution in [0.25, 0.3) is 28.0 Å². The normalized spacial score (nSPS) is 13.8. The molecule has 0 bridgehead atoms. The molecule has 1 aliphatic heterocycles. The average molecular weight is 478 g/mol. The summed E-state index contributed by atoms with van der Waals surface area (Å²) in [5.41, 5.74) is 5.68. The topological polar surface area (TPSA) is 80.5 Å². The predicted molar refractivity (Wildman–Crippen MR) is 140 cm³/mol. The quantitative estimate of drug-likeness (QED) is 0.334. The van der Waals surface area contributed by atoms with Gasteiger partial charge in [-0.15, -0.1) is 5.10 Å². The van der Waals surface area contributed by atoms with Crippen molar-refractivity contribution in [3.8, 4) is 28.1 Å². The number of likely N-dealkylation sites (tertiary alicyclic amines) is 1. The molecule has 0 amide bonds. The maximum Gasteiger partial charge on any atom is 0.247 e. The van der Waals surface area contributed by atoms with Crippen molar-refractivity contribution in [2.24, 2.45) is 0 Å². The van der Waals surface area contributed by atoms with E-state index in [4.69, 9.17) is 9.84 Å². The molecule has 36 heavy (non-hydrogen) atoms. The molecule has 8 heteroatoms. The molecular formula is C28H27N7O. The van der Waals surface area contributed by atoms with Crippen LogP contribution in [0.4, 0.5) is 11.6 Å². The van der Waals surface area contributed by atoms with Crippen molar-refractivity contribution in [1.82, 2.24) is 29.5 Å². The van der Waals surface area contributed by atoms with E-state index in [1.54, 1.807) is 0 Å². The van der Waals surface area contributed by atoms with Gasteiger partial charge in [0.2, 0.25) is 5.95 Å². The van der Waals surface area contributed by atoms with E-state index in [-0.39, 0.29) is 0 Å². The highest BCUT2D eigenvalue weighted by Gasteiger charge is 2.12. The summed E-state index contributed by atoms with van der Waals surface area (Å²) >= 11 is 0. The lowest BCUT2D eigenvalue weighted by Crippen LogP contribution is -2.25. The van der Waals surface area contributed by atoms with Crippen LogP contribution >= 0.6 is 0 Å². The van der Waals surface area contributed by atoms with Crippen LogP contribution in [0.3, 0.4) is 0 Å². The molecule has 1 N–H and O–H groups in total. The number of ether oxygens (including phenoxy) is 1. The van der Waals surface area contributed by atoms with Gasteiger partial charge in [-0.2, -0.15) is 4.98 Å².